The molecule has 0 fully saturated rings. The fourth-order valence-corrected chi connectivity index (χ4v) is 6.59. The van der Waals surface area contributed by atoms with E-state index in [0.717, 1.165) is 16.8 Å². The lowest BCUT2D eigenvalue weighted by Crippen LogP contribution is -1.95. The van der Waals surface area contributed by atoms with E-state index in [1.54, 1.807) is 0 Å². The molecule has 0 unspecified atom stereocenters. The van der Waals surface area contributed by atoms with E-state index in [1.807, 2.05) is 18.5 Å². The van der Waals surface area contributed by atoms with Crippen LogP contribution >= 0.6 is 0 Å². The summed E-state index contributed by atoms with van der Waals surface area (Å²) >= 11 is 0. The molecule has 5 aromatic carbocycles. The first-order valence-electron chi connectivity index (χ1n) is 13.6. The number of aromatic nitrogens is 3. The van der Waals surface area contributed by atoms with Crippen LogP contribution in [0.15, 0.2) is 140 Å². The molecule has 0 radical (unpaired) electrons. The van der Waals surface area contributed by atoms with E-state index < -0.39 is 0 Å². The van der Waals surface area contributed by atoms with Crippen molar-refractivity contribution in [3.8, 4) is 16.8 Å². The first kappa shape index (κ1) is 21.5. The Morgan fingerprint density at radius 2 is 1.10 bits per heavy atom. The van der Waals surface area contributed by atoms with E-state index in [-0.39, 0.29) is 0 Å². The van der Waals surface area contributed by atoms with Crippen molar-refractivity contribution in [3.05, 3.63) is 140 Å². The number of pyridine rings is 2. The molecular weight excluding hydrogens is 486 g/mol. The third kappa shape index (κ3) is 2.92. The lowest BCUT2D eigenvalue weighted by atomic mass is 10.0. The molecule has 3 nitrogen and oxygen atoms in total. The minimum absolute atomic E-state index is 1.11. The zero-order valence-corrected chi connectivity index (χ0v) is 21.6. The summed E-state index contributed by atoms with van der Waals surface area (Å²) in [4.78, 5) is 4.35. The lowest BCUT2D eigenvalue weighted by Gasteiger charge is -2.13. The summed E-state index contributed by atoms with van der Waals surface area (Å²) < 4.78 is 4.86. The minimum Gasteiger partial charge on any atom is -0.309 e. The van der Waals surface area contributed by atoms with Crippen molar-refractivity contribution in [2.24, 2.45) is 0 Å². The SMILES string of the molecule is c1cncc(-c2cccc(-n3c4ccccc4c4cc5c(cc43)c3ccccc3c3cc4ccccc4n35)c2)c1. The summed E-state index contributed by atoms with van der Waals surface area (Å²) in [5.74, 6) is 0. The first-order valence-corrected chi connectivity index (χ1v) is 13.6. The number of fused-ring (bicyclic) bond motifs is 11. The third-order valence-corrected chi connectivity index (χ3v) is 8.33. The molecule has 4 aromatic heterocycles. The van der Waals surface area contributed by atoms with Gasteiger partial charge in [-0.3, -0.25) is 4.98 Å². The zero-order valence-electron chi connectivity index (χ0n) is 21.6. The van der Waals surface area contributed by atoms with Gasteiger partial charge in [0.2, 0.25) is 0 Å². The van der Waals surface area contributed by atoms with Gasteiger partial charge in [-0.1, -0.05) is 78.9 Å². The van der Waals surface area contributed by atoms with E-state index in [9.17, 15) is 0 Å². The molecule has 0 atom stereocenters. The van der Waals surface area contributed by atoms with Crippen LogP contribution in [0.3, 0.4) is 0 Å². The van der Waals surface area contributed by atoms with Crippen LogP contribution in [0.1, 0.15) is 0 Å². The number of hydrogen-bond acceptors (Lipinski definition) is 1. The second kappa shape index (κ2) is 8.05. The van der Waals surface area contributed by atoms with Crippen LogP contribution in [0, 0.1) is 0 Å². The average molecular weight is 510 g/mol. The topological polar surface area (TPSA) is 22.2 Å². The summed E-state index contributed by atoms with van der Waals surface area (Å²) in [6, 6.07) is 46.3. The normalized spacial score (nSPS) is 12.0. The smallest absolute Gasteiger partial charge is 0.0548 e. The van der Waals surface area contributed by atoms with E-state index in [0.29, 0.717) is 0 Å². The van der Waals surface area contributed by atoms with Crippen LogP contribution < -0.4 is 0 Å². The molecule has 0 bridgehead atoms. The van der Waals surface area contributed by atoms with E-state index in [2.05, 4.69) is 135 Å². The Hall–Kier alpha value is -5.41. The zero-order chi connectivity index (χ0) is 26.2. The average Bonchev–Trinajstić information content (AvgIpc) is 3.57. The molecule has 3 heteroatoms. The Kier molecular flexibility index (Phi) is 4.33. The van der Waals surface area contributed by atoms with Crippen LogP contribution in [0.5, 0.6) is 0 Å². The fourth-order valence-electron chi connectivity index (χ4n) is 6.59. The summed E-state index contributed by atoms with van der Waals surface area (Å²) in [5.41, 5.74) is 9.54. The molecule has 40 heavy (non-hydrogen) atoms. The number of nitrogens with zero attached hydrogens (tertiary/aromatic N) is 3. The molecule has 0 saturated carbocycles. The molecule has 0 amide bonds. The second-order valence-electron chi connectivity index (χ2n) is 10.5. The quantitative estimate of drug-likeness (QED) is 0.213. The Morgan fingerprint density at radius 1 is 0.425 bits per heavy atom. The van der Waals surface area contributed by atoms with Gasteiger partial charge in [0.15, 0.2) is 0 Å². The molecule has 0 aliphatic rings. The van der Waals surface area contributed by atoms with E-state index >= 15 is 0 Å². The maximum Gasteiger partial charge on any atom is 0.0548 e. The highest BCUT2D eigenvalue weighted by atomic mass is 15.0. The molecule has 0 aliphatic heterocycles. The number of hydrogen-bond donors (Lipinski definition) is 0. The van der Waals surface area contributed by atoms with E-state index in [4.69, 9.17) is 0 Å². The summed E-state index contributed by atoms with van der Waals surface area (Å²) in [5, 5.41) is 7.56. The van der Waals surface area contributed by atoms with Crippen LogP contribution in [0.2, 0.25) is 0 Å². The maximum absolute atomic E-state index is 4.35. The lowest BCUT2D eigenvalue weighted by molar-refractivity contribution is 1.18. The molecular formula is C37H23N3. The highest BCUT2D eigenvalue weighted by molar-refractivity contribution is 6.21. The summed E-state index contributed by atoms with van der Waals surface area (Å²) in [7, 11) is 0. The Balaban J connectivity index is 1.46. The predicted octanol–water partition coefficient (Wildman–Crippen LogP) is 9.56. The first-order chi connectivity index (χ1) is 19.8. The highest BCUT2D eigenvalue weighted by Crippen LogP contribution is 2.40. The molecule has 0 N–H and O–H groups in total. The van der Waals surface area contributed by atoms with Crippen molar-refractivity contribution >= 4 is 59.9 Å². The van der Waals surface area contributed by atoms with Crippen molar-refractivity contribution in [2.45, 2.75) is 0 Å². The number of rotatable bonds is 2. The van der Waals surface area contributed by atoms with Gasteiger partial charge in [0.05, 0.1) is 27.6 Å². The minimum atomic E-state index is 1.11. The molecule has 4 heterocycles. The molecule has 186 valence electrons. The largest absolute Gasteiger partial charge is 0.309 e. The van der Waals surface area contributed by atoms with Gasteiger partial charge >= 0.3 is 0 Å². The third-order valence-electron chi connectivity index (χ3n) is 8.33. The van der Waals surface area contributed by atoms with Gasteiger partial charge in [-0.05, 0) is 59.5 Å². The molecule has 9 rings (SSSR count). The summed E-state index contributed by atoms with van der Waals surface area (Å²) in [6.07, 6.45) is 3.75. The van der Waals surface area contributed by atoms with Gasteiger partial charge < -0.3 is 8.97 Å². The predicted molar refractivity (Wildman–Crippen MR) is 167 cm³/mol. The number of para-hydroxylation sites is 2. The van der Waals surface area contributed by atoms with Crippen molar-refractivity contribution in [3.63, 3.8) is 0 Å². The van der Waals surface area contributed by atoms with Gasteiger partial charge in [0.1, 0.15) is 0 Å². The fraction of sp³-hybridized carbons (Fsp3) is 0. The van der Waals surface area contributed by atoms with Gasteiger partial charge in [-0.25, -0.2) is 0 Å². The molecule has 9 aromatic rings. The Morgan fingerprint density at radius 3 is 1.95 bits per heavy atom. The second-order valence-corrected chi connectivity index (χ2v) is 10.5. The monoisotopic (exact) mass is 509 g/mol. The van der Waals surface area contributed by atoms with E-state index in [1.165, 1.54) is 59.9 Å². The Labute approximate surface area is 230 Å². The highest BCUT2D eigenvalue weighted by Gasteiger charge is 2.18. The molecule has 0 aliphatic carbocycles. The standard InChI is InChI=1S/C37H23N3/c1-5-16-33-25(9-1)20-35-29-14-3-2-13-28(29)31-21-36-32(22-37(31)40(33)35)30-15-4-6-17-34(30)39(36)27-12-7-10-24(19-27)26-11-8-18-38-23-26/h1-23H. The maximum atomic E-state index is 4.35. The van der Waals surface area contributed by atoms with Crippen LogP contribution in [0.25, 0.3) is 76.7 Å². The van der Waals surface area contributed by atoms with Gasteiger partial charge in [0.25, 0.3) is 0 Å². The van der Waals surface area contributed by atoms with Crippen molar-refractivity contribution < 1.29 is 0 Å². The van der Waals surface area contributed by atoms with Crippen molar-refractivity contribution in [1.82, 2.24) is 14.0 Å². The number of benzene rings is 5. The molecule has 0 spiro atoms. The van der Waals surface area contributed by atoms with Crippen molar-refractivity contribution in [1.29, 1.82) is 0 Å². The van der Waals surface area contributed by atoms with Gasteiger partial charge in [-0.15, -0.1) is 0 Å². The summed E-state index contributed by atoms with van der Waals surface area (Å²) in [6.45, 7) is 0. The van der Waals surface area contributed by atoms with Crippen LogP contribution in [-0.2, 0) is 0 Å². The van der Waals surface area contributed by atoms with Crippen LogP contribution in [0.4, 0.5) is 0 Å². The Bertz CT molecular complexity index is 2430. The van der Waals surface area contributed by atoms with Crippen molar-refractivity contribution in [2.75, 3.05) is 0 Å². The van der Waals surface area contributed by atoms with Gasteiger partial charge in [0, 0.05) is 50.6 Å². The van der Waals surface area contributed by atoms with Crippen LogP contribution in [-0.4, -0.2) is 14.0 Å². The van der Waals surface area contributed by atoms with Gasteiger partial charge in [-0.2, -0.15) is 0 Å². The molecule has 0 saturated heterocycles.